The third-order valence-electron chi connectivity index (χ3n) is 3.11. The van der Waals surface area contributed by atoms with E-state index < -0.39 is 17.5 Å². The van der Waals surface area contributed by atoms with Crippen molar-refractivity contribution in [2.75, 3.05) is 14.2 Å². The number of halogens is 2. The molecule has 0 fully saturated rings. The van der Waals surface area contributed by atoms with Crippen molar-refractivity contribution in [2.24, 2.45) is 0 Å². The maximum absolute atomic E-state index is 13.6. The fourth-order valence-electron chi connectivity index (χ4n) is 1.95. The van der Waals surface area contributed by atoms with Crippen LogP contribution in [0.4, 0.5) is 8.78 Å². The summed E-state index contributed by atoms with van der Waals surface area (Å²) < 4.78 is 31.8. The quantitative estimate of drug-likeness (QED) is 0.865. The summed E-state index contributed by atoms with van der Waals surface area (Å²) in [6.07, 6.45) is 0. The minimum Gasteiger partial charge on any atom is -0.497 e. The summed E-state index contributed by atoms with van der Waals surface area (Å²) in [4.78, 5) is 13.5. The number of amides is 1. The number of carbonyl (C=O) groups is 1. The Morgan fingerprint density at radius 1 is 1.14 bits per heavy atom. The largest absolute Gasteiger partial charge is 0.497 e. The Labute approximate surface area is 121 Å². The van der Waals surface area contributed by atoms with Crippen LogP contribution < -0.4 is 4.74 Å². The standard InChI is InChI=1S/C16H15F2NO2/c1-19(10-11-6-8-12(21-2)9-7-11)16(20)13-4-3-5-14(17)15(13)18/h3-9H,10H2,1-2H3. The van der Waals surface area contributed by atoms with Crippen LogP contribution in [0.1, 0.15) is 15.9 Å². The molecule has 2 aromatic carbocycles. The van der Waals surface area contributed by atoms with Gasteiger partial charge in [0.1, 0.15) is 5.75 Å². The van der Waals surface area contributed by atoms with Gasteiger partial charge in [0.25, 0.3) is 5.91 Å². The molecular weight excluding hydrogens is 276 g/mol. The third kappa shape index (κ3) is 3.37. The third-order valence-corrected chi connectivity index (χ3v) is 3.11. The molecule has 0 saturated heterocycles. The van der Waals surface area contributed by atoms with E-state index in [1.165, 1.54) is 24.1 Å². The van der Waals surface area contributed by atoms with Crippen molar-refractivity contribution in [3.05, 3.63) is 65.2 Å². The van der Waals surface area contributed by atoms with Gasteiger partial charge in [-0.1, -0.05) is 18.2 Å². The first-order chi connectivity index (χ1) is 10.0. The van der Waals surface area contributed by atoms with Gasteiger partial charge in [-0.2, -0.15) is 0 Å². The van der Waals surface area contributed by atoms with Gasteiger partial charge < -0.3 is 9.64 Å². The molecule has 0 aliphatic heterocycles. The zero-order chi connectivity index (χ0) is 15.4. The van der Waals surface area contributed by atoms with Crippen molar-refractivity contribution in [1.82, 2.24) is 4.90 Å². The van der Waals surface area contributed by atoms with Crippen LogP contribution in [0.25, 0.3) is 0 Å². The van der Waals surface area contributed by atoms with Gasteiger partial charge in [-0.25, -0.2) is 8.78 Å². The van der Waals surface area contributed by atoms with Crippen molar-refractivity contribution < 1.29 is 18.3 Å². The van der Waals surface area contributed by atoms with Gasteiger partial charge in [0.05, 0.1) is 12.7 Å². The Morgan fingerprint density at radius 3 is 2.43 bits per heavy atom. The molecule has 0 aromatic heterocycles. The van der Waals surface area contributed by atoms with E-state index in [1.807, 2.05) is 12.1 Å². The Hall–Kier alpha value is -2.43. The summed E-state index contributed by atoms with van der Waals surface area (Å²) in [5.74, 6) is -2.01. The van der Waals surface area contributed by atoms with Gasteiger partial charge in [0.15, 0.2) is 11.6 Å². The number of rotatable bonds is 4. The monoisotopic (exact) mass is 291 g/mol. The Bertz CT molecular complexity index is 641. The minimum atomic E-state index is -1.12. The molecule has 0 aliphatic carbocycles. The Morgan fingerprint density at radius 2 is 1.81 bits per heavy atom. The van der Waals surface area contributed by atoms with Crippen LogP contribution in [0.5, 0.6) is 5.75 Å². The zero-order valence-corrected chi connectivity index (χ0v) is 11.8. The maximum atomic E-state index is 13.6. The van der Waals surface area contributed by atoms with Crippen LogP contribution in [0, 0.1) is 11.6 Å². The molecule has 2 rings (SSSR count). The van der Waals surface area contributed by atoms with E-state index >= 15 is 0 Å². The van der Waals surface area contributed by atoms with Crippen LogP contribution in [0.15, 0.2) is 42.5 Å². The van der Waals surface area contributed by atoms with E-state index in [0.717, 1.165) is 11.6 Å². The molecular formula is C16H15F2NO2. The highest BCUT2D eigenvalue weighted by Crippen LogP contribution is 2.16. The summed E-state index contributed by atoms with van der Waals surface area (Å²) in [6, 6.07) is 10.7. The van der Waals surface area contributed by atoms with Gasteiger partial charge in [0.2, 0.25) is 0 Å². The van der Waals surface area contributed by atoms with E-state index in [0.29, 0.717) is 12.3 Å². The molecule has 0 unspecified atom stereocenters. The second kappa shape index (κ2) is 6.35. The molecule has 5 heteroatoms. The highest BCUT2D eigenvalue weighted by atomic mass is 19.2. The average Bonchev–Trinajstić information content (AvgIpc) is 2.50. The van der Waals surface area contributed by atoms with Crippen LogP contribution in [-0.2, 0) is 6.54 Å². The van der Waals surface area contributed by atoms with Crippen LogP contribution in [0.2, 0.25) is 0 Å². The average molecular weight is 291 g/mol. The van der Waals surface area contributed by atoms with Crippen LogP contribution in [-0.4, -0.2) is 25.0 Å². The van der Waals surface area contributed by atoms with Crippen LogP contribution >= 0.6 is 0 Å². The predicted octanol–water partition coefficient (Wildman–Crippen LogP) is 3.25. The first-order valence-electron chi connectivity index (χ1n) is 6.35. The molecule has 0 saturated carbocycles. The Kier molecular flexibility index (Phi) is 4.52. The summed E-state index contributed by atoms with van der Waals surface area (Å²) in [5, 5.41) is 0. The molecule has 0 radical (unpaired) electrons. The lowest BCUT2D eigenvalue weighted by atomic mass is 10.1. The number of methoxy groups -OCH3 is 1. The molecule has 21 heavy (non-hydrogen) atoms. The molecule has 3 nitrogen and oxygen atoms in total. The first kappa shape index (κ1) is 15.0. The second-order valence-corrected chi connectivity index (χ2v) is 4.61. The topological polar surface area (TPSA) is 29.5 Å². The molecule has 0 heterocycles. The zero-order valence-electron chi connectivity index (χ0n) is 11.8. The van der Waals surface area contributed by atoms with Gasteiger partial charge in [0, 0.05) is 13.6 Å². The lowest BCUT2D eigenvalue weighted by Crippen LogP contribution is -2.27. The molecule has 0 atom stereocenters. The van der Waals surface area contributed by atoms with Gasteiger partial charge in [-0.15, -0.1) is 0 Å². The molecule has 0 aliphatic rings. The molecule has 2 aromatic rings. The second-order valence-electron chi connectivity index (χ2n) is 4.61. The summed E-state index contributed by atoms with van der Waals surface area (Å²) in [6.45, 7) is 0.290. The predicted molar refractivity (Wildman–Crippen MR) is 75.1 cm³/mol. The van der Waals surface area contributed by atoms with Crippen molar-refractivity contribution in [3.8, 4) is 5.75 Å². The van der Waals surface area contributed by atoms with Crippen molar-refractivity contribution in [3.63, 3.8) is 0 Å². The maximum Gasteiger partial charge on any atom is 0.256 e. The fraction of sp³-hybridized carbons (Fsp3) is 0.188. The van der Waals surface area contributed by atoms with Crippen molar-refractivity contribution in [2.45, 2.75) is 6.54 Å². The smallest absolute Gasteiger partial charge is 0.256 e. The Balaban J connectivity index is 2.13. The molecule has 110 valence electrons. The number of nitrogens with zero attached hydrogens (tertiary/aromatic N) is 1. The van der Waals surface area contributed by atoms with Crippen molar-refractivity contribution >= 4 is 5.91 Å². The van der Waals surface area contributed by atoms with E-state index in [-0.39, 0.29) is 5.56 Å². The summed E-state index contributed by atoms with van der Waals surface area (Å²) in [5.41, 5.74) is 0.592. The normalized spacial score (nSPS) is 10.3. The molecule has 0 spiro atoms. The minimum absolute atomic E-state index is 0.272. The SMILES string of the molecule is COc1ccc(CN(C)C(=O)c2cccc(F)c2F)cc1. The number of ether oxygens (including phenoxy) is 1. The highest BCUT2D eigenvalue weighted by Gasteiger charge is 2.18. The molecule has 0 bridgehead atoms. The number of benzene rings is 2. The van der Waals surface area contributed by atoms with Gasteiger partial charge in [-0.3, -0.25) is 4.79 Å². The van der Waals surface area contributed by atoms with Gasteiger partial charge >= 0.3 is 0 Å². The highest BCUT2D eigenvalue weighted by molar-refractivity contribution is 5.94. The molecule has 1 amide bonds. The first-order valence-corrected chi connectivity index (χ1v) is 6.35. The summed E-state index contributed by atoms with van der Waals surface area (Å²) in [7, 11) is 3.11. The van der Waals surface area contributed by atoms with Crippen molar-refractivity contribution in [1.29, 1.82) is 0 Å². The van der Waals surface area contributed by atoms with E-state index in [4.69, 9.17) is 4.74 Å². The van der Waals surface area contributed by atoms with Gasteiger partial charge in [-0.05, 0) is 29.8 Å². The number of hydrogen-bond donors (Lipinski definition) is 0. The van der Waals surface area contributed by atoms with Crippen LogP contribution in [0.3, 0.4) is 0 Å². The lowest BCUT2D eigenvalue weighted by Gasteiger charge is -2.18. The fourth-order valence-corrected chi connectivity index (χ4v) is 1.95. The number of carbonyl (C=O) groups excluding carboxylic acids is 1. The van der Waals surface area contributed by atoms with E-state index in [1.54, 1.807) is 19.2 Å². The lowest BCUT2D eigenvalue weighted by molar-refractivity contribution is 0.0779. The van der Waals surface area contributed by atoms with E-state index in [9.17, 15) is 13.6 Å². The van der Waals surface area contributed by atoms with E-state index in [2.05, 4.69) is 0 Å². The number of hydrogen-bond acceptors (Lipinski definition) is 2. The summed E-state index contributed by atoms with van der Waals surface area (Å²) >= 11 is 0. The molecule has 0 N–H and O–H groups in total.